The van der Waals surface area contributed by atoms with Crippen LogP contribution in [-0.2, 0) is 30.5 Å². The van der Waals surface area contributed by atoms with Crippen molar-refractivity contribution in [2.75, 3.05) is 13.1 Å². The number of likely N-dealkylation sites (tertiary alicyclic amines) is 1. The standard InChI is InChI=1S/C24H27ClF4N4O3/c1-23(2)11-14(5-8-32(23)22(35)36)9-20(34)31-7-6-17-19(13-31)33(30-21(17)24(27,28)29)12-15-3-4-16(25)10-18(15)26/h3-4,10,14H,5-9,11-13H2,1-2H3,(H,35,36). The molecule has 2 amide bonds. The zero-order valence-electron chi connectivity index (χ0n) is 19.9. The number of rotatable bonds is 4. The summed E-state index contributed by atoms with van der Waals surface area (Å²) in [7, 11) is 0. The number of carbonyl (C=O) groups excluding carboxylic acids is 1. The van der Waals surface area contributed by atoms with Crippen LogP contribution in [0.3, 0.4) is 0 Å². The minimum atomic E-state index is -4.68. The molecule has 36 heavy (non-hydrogen) atoms. The lowest BCUT2D eigenvalue weighted by Gasteiger charge is -2.44. The summed E-state index contributed by atoms with van der Waals surface area (Å²) in [5, 5.41) is 13.3. The molecule has 1 saturated heterocycles. The molecule has 196 valence electrons. The fourth-order valence-electron chi connectivity index (χ4n) is 5.30. The molecule has 0 saturated carbocycles. The third kappa shape index (κ3) is 5.30. The molecule has 2 aliphatic heterocycles. The Morgan fingerprint density at radius 1 is 1.25 bits per heavy atom. The largest absolute Gasteiger partial charge is 0.465 e. The summed E-state index contributed by atoms with van der Waals surface area (Å²) >= 11 is 5.79. The van der Waals surface area contributed by atoms with E-state index in [9.17, 15) is 32.3 Å². The molecule has 1 aromatic carbocycles. The molecular formula is C24H27ClF4N4O3. The van der Waals surface area contributed by atoms with Crippen LogP contribution in [-0.4, -0.2) is 55.3 Å². The maximum Gasteiger partial charge on any atom is 0.435 e. The highest BCUT2D eigenvalue weighted by Crippen LogP contribution is 2.37. The SMILES string of the molecule is CC1(C)CC(CC(=O)N2CCc3c(C(F)(F)F)nn(Cc4ccc(Cl)cc4F)c3C2)CCN1C(=O)O. The number of hydrogen-bond acceptors (Lipinski definition) is 3. The summed E-state index contributed by atoms with van der Waals surface area (Å²) in [6.45, 7) is 3.78. The van der Waals surface area contributed by atoms with Gasteiger partial charge in [0.05, 0.1) is 18.8 Å². The fraction of sp³-hybridized carbons (Fsp3) is 0.542. The van der Waals surface area contributed by atoms with Crippen LogP contribution in [0.2, 0.25) is 5.02 Å². The Hall–Kier alpha value is -2.82. The first-order valence-corrected chi connectivity index (χ1v) is 12.0. The first-order valence-electron chi connectivity index (χ1n) is 11.6. The van der Waals surface area contributed by atoms with E-state index in [1.165, 1.54) is 21.9 Å². The summed E-state index contributed by atoms with van der Waals surface area (Å²) in [4.78, 5) is 27.5. The van der Waals surface area contributed by atoms with Crippen molar-refractivity contribution in [3.05, 3.63) is 51.6 Å². The highest BCUT2D eigenvalue weighted by atomic mass is 35.5. The highest BCUT2D eigenvalue weighted by molar-refractivity contribution is 6.30. The predicted octanol–water partition coefficient (Wildman–Crippen LogP) is 5.19. The number of fused-ring (bicyclic) bond motifs is 1. The molecule has 1 aromatic heterocycles. The van der Waals surface area contributed by atoms with Gasteiger partial charge in [0.2, 0.25) is 5.91 Å². The number of aromatic nitrogens is 2. The van der Waals surface area contributed by atoms with Crippen LogP contribution >= 0.6 is 11.6 Å². The van der Waals surface area contributed by atoms with Crippen LogP contribution in [0.4, 0.5) is 22.4 Å². The summed E-state index contributed by atoms with van der Waals surface area (Å²) in [6, 6.07) is 3.94. The molecular weight excluding hydrogens is 504 g/mol. The summed E-state index contributed by atoms with van der Waals surface area (Å²) in [5.74, 6) is -0.896. The van der Waals surface area contributed by atoms with Gasteiger partial charge in [0.15, 0.2) is 5.69 Å². The van der Waals surface area contributed by atoms with E-state index in [-0.39, 0.29) is 66.1 Å². The second kappa shape index (κ2) is 9.57. The van der Waals surface area contributed by atoms with Gasteiger partial charge >= 0.3 is 12.3 Å². The second-order valence-electron chi connectivity index (χ2n) is 10.0. The smallest absolute Gasteiger partial charge is 0.435 e. The molecule has 2 aromatic rings. The van der Waals surface area contributed by atoms with E-state index < -0.39 is 29.3 Å². The van der Waals surface area contributed by atoms with E-state index in [2.05, 4.69) is 5.10 Å². The minimum absolute atomic E-state index is 0.0119. The molecule has 1 atom stereocenters. The van der Waals surface area contributed by atoms with Crippen LogP contribution in [0.25, 0.3) is 0 Å². The van der Waals surface area contributed by atoms with E-state index >= 15 is 0 Å². The van der Waals surface area contributed by atoms with E-state index in [1.807, 2.05) is 13.8 Å². The average Bonchev–Trinajstić information content (AvgIpc) is 3.13. The van der Waals surface area contributed by atoms with Gasteiger partial charge in [0, 0.05) is 41.2 Å². The summed E-state index contributed by atoms with van der Waals surface area (Å²) in [5.41, 5.74) is -1.24. The lowest BCUT2D eigenvalue weighted by atomic mass is 9.81. The topological polar surface area (TPSA) is 78.7 Å². The van der Waals surface area contributed by atoms with Crippen LogP contribution < -0.4 is 0 Å². The predicted molar refractivity (Wildman–Crippen MR) is 123 cm³/mol. The van der Waals surface area contributed by atoms with Gasteiger partial charge in [-0.1, -0.05) is 17.7 Å². The maximum atomic E-state index is 14.4. The zero-order valence-corrected chi connectivity index (χ0v) is 20.7. The zero-order chi connectivity index (χ0) is 26.4. The number of hydrogen-bond donors (Lipinski definition) is 1. The van der Waals surface area contributed by atoms with Gasteiger partial charge in [0.1, 0.15) is 5.82 Å². The Balaban J connectivity index is 1.53. The number of carboxylic acid groups (broad SMARTS) is 1. The van der Waals surface area contributed by atoms with Crippen molar-refractivity contribution in [3.8, 4) is 0 Å². The monoisotopic (exact) mass is 530 g/mol. The first-order chi connectivity index (χ1) is 16.8. The van der Waals surface area contributed by atoms with E-state index in [1.54, 1.807) is 0 Å². The Morgan fingerprint density at radius 3 is 2.58 bits per heavy atom. The van der Waals surface area contributed by atoms with Gasteiger partial charge < -0.3 is 14.9 Å². The molecule has 3 heterocycles. The number of amides is 2. The lowest BCUT2D eigenvalue weighted by molar-refractivity contribution is -0.142. The summed E-state index contributed by atoms with van der Waals surface area (Å²) < 4.78 is 56.6. The third-order valence-electron chi connectivity index (χ3n) is 7.07. The van der Waals surface area contributed by atoms with Crippen molar-refractivity contribution >= 4 is 23.6 Å². The minimum Gasteiger partial charge on any atom is -0.465 e. The molecule has 1 N–H and O–H groups in total. The van der Waals surface area contributed by atoms with Crippen LogP contribution in [0.15, 0.2) is 18.2 Å². The number of benzene rings is 1. The van der Waals surface area contributed by atoms with Crippen molar-refractivity contribution in [2.45, 2.75) is 64.3 Å². The lowest BCUT2D eigenvalue weighted by Crippen LogP contribution is -2.52. The molecule has 0 spiro atoms. The van der Waals surface area contributed by atoms with Gasteiger partial charge in [-0.15, -0.1) is 0 Å². The second-order valence-corrected chi connectivity index (χ2v) is 10.5. The average molecular weight is 531 g/mol. The van der Waals surface area contributed by atoms with Gasteiger partial charge in [-0.25, -0.2) is 9.18 Å². The molecule has 2 aliphatic rings. The van der Waals surface area contributed by atoms with Crippen LogP contribution in [0, 0.1) is 11.7 Å². The molecule has 1 unspecified atom stereocenters. The molecule has 7 nitrogen and oxygen atoms in total. The summed E-state index contributed by atoms with van der Waals surface area (Å²) in [6.07, 6.45) is -4.47. The molecule has 0 bridgehead atoms. The van der Waals surface area contributed by atoms with Gasteiger partial charge in [-0.05, 0) is 51.2 Å². The van der Waals surface area contributed by atoms with Gasteiger partial charge in [-0.2, -0.15) is 18.3 Å². The molecule has 0 aliphatic carbocycles. The number of carbonyl (C=O) groups is 2. The quantitative estimate of drug-likeness (QED) is 0.552. The normalized spacial score (nSPS) is 19.8. The van der Waals surface area contributed by atoms with E-state index in [4.69, 9.17) is 11.6 Å². The molecule has 1 fully saturated rings. The number of alkyl halides is 3. The maximum absolute atomic E-state index is 14.4. The Kier molecular flexibility index (Phi) is 6.98. The Bertz CT molecular complexity index is 1180. The van der Waals surface area contributed by atoms with Crippen LogP contribution in [0.1, 0.15) is 55.6 Å². The van der Waals surface area contributed by atoms with E-state index in [0.717, 1.165) is 10.7 Å². The molecule has 0 radical (unpaired) electrons. The highest BCUT2D eigenvalue weighted by Gasteiger charge is 2.42. The van der Waals surface area contributed by atoms with Crippen LogP contribution in [0.5, 0.6) is 0 Å². The number of piperidine rings is 1. The van der Waals surface area contributed by atoms with Crippen molar-refractivity contribution < 1.29 is 32.3 Å². The van der Waals surface area contributed by atoms with Gasteiger partial charge in [-0.3, -0.25) is 9.48 Å². The first kappa shape index (κ1) is 26.2. The molecule has 4 rings (SSSR count). The number of halogens is 5. The van der Waals surface area contributed by atoms with Gasteiger partial charge in [0.25, 0.3) is 0 Å². The van der Waals surface area contributed by atoms with Crippen molar-refractivity contribution in [2.24, 2.45) is 5.92 Å². The fourth-order valence-corrected chi connectivity index (χ4v) is 5.46. The van der Waals surface area contributed by atoms with Crippen molar-refractivity contribution in [3.63, 3.8) is 0 Å². The third-order valence-corrected chi connectivity index (χ3v) is 7.30. The Labute approximate surface area is 210 Å². The van der Waals surface area contributed by atoms with E-state index in [0.29, 0.717) is 19.4 Å². The van der Waals surface area contributed by atoms with Crippen molar-refractivity contribution in [1.29, 1.82) is 0 Å². The number of nitrogens with zero attached hydrogens (tertiary/aromatic N) is 4. The molecule has 12 heteroatoms. The van der Waals surface area contributed by atoms with Crippen molar-refractivity contribution in [1.82, 2.24) is 19.6 Å². The Morgan fingerprint density at radius 2 is 1.97 bits per heavy atom.